The van der Waals surface area contributed by atoms with E-state index in [1.165, 1.54) is 0 Å². The number of hydrogen-bond donors (Lipinski definition) is 3. The summed E-state index contributed by atoms with van der Waals surface area (Å²) in [5.41, 5.74) is 4.40. The van der Waals surface area contributed by atoms with Crippen LogP contribution in [0.15, 0.2) is 65.6 Å². The fourth-order valence-electron chi connectivity index (χ4n) is 4.26. The number of nitrogens with one attached hydrogen (secondary N) is 1. The van der Waals surface area contributed by atoms with Crippen LogP contribution in [0.25, 0.3) is 11.3 Å². The summed E-state index contributed by atoms with van der Waals surface area (Å²) in [4.78, 5) is 8.67. The van der Waals surface area contributed by atoms with E-state index in [-0.39, 0.29) is 6.10 Å². The van der Waals surface area contributed by atoms with Crippen molar-refractivity contribution in [3.05, 3.63) is 89.4 Å². The maximum Gasteiger partial charge on any atom is 0.167 e. The summed E-state index contributed by atoms with van der Waals surface area (Å²) in [6.45, 7) is 3.79. The van der Waals surface area contributed by atoms with Crippen LogP contribution < -0.4 is 5.32 Å². The van der Waals surface area contributed by atoms with E-state index in [0.29, 0.717) is 24.0 Å². The molecule has 1 fully saturated rings. The van der Waals surface area contributed by atoms with Gasteiger partial charge in [0.25, 0.3) is 0 Å². The Morgan fingerprint density at radius 3 is 2.58 bits per heavy atom. The second-order valence-electron chi connectivity index (χ2n) is 9.26. The summed E-state index contributed by atoms with van der Waals surface area (Å²) in [5.74, 6) is 8.18. The third-order valence-electron chi connectivity index (χ3n) is 6.31. The normalized spacial score (nSPS) is 17.8. The number of aliphatic hydroxyl groups is 2. The summed E-state index contributed by atoms with van der Waals surface area (Å²) >= 11 is 0. The lowest BCUT2D eigenvalue weighted by Crippen LogP contribution is -2.36. The number of aromatic nitrogens is 4. The van der Waals surface area contributed by atoms with Crippen LogP contribution in [0.4, 0.5) is 0 Å². The van der Waals surface area contributed by atoms with Crippen LogP contribution in [-0.2, 0) is 13.1 Å². The Labute approximate surface area is 210 Å². The number of rotatable bonds is 8. The van der Waals surface area contributed by atoms with E-state index >= 15 is 0 Å². The molecule has 0 unspecified atom stereocenters. The average Bonchev–Trinajstić information content (AvgIpc) is 3.53. The number of pyridine rings is 1. The molecule has 8 heteroatoms. The first-order valence-electron chi connectivity index (χ1n) is 12.1. The molecule has 184 valence electrons. The molecule has 0 spiro atoms. The average molecular weight is 484 g/mol. The van der Waals surface area contributed by atoms with E-state index in [2.05, 4.69) is 32.3 Å². The van der Waals surface area contributed by atoms with E-state index in [1.807, 2.05) is 53.2 Å². The predicted molar refractivity (Wildman–Crippen MR) is 135 cm³/mol. The lowest BCUT2D eigenvalue weighted by molar-refractivity contribution is 0.0429. The first-order valence-corrected chi connectivity index (χ1v) is 12.1. The molecule has 8 nitrogen and oxygen atoms in total. The smallest absolute Gasteiger partial charge is 0.167 e. The van der Waals surface area contributed by atoms with Gasteiger partial charge in [0.15, 0.2) is 5.76 Å². The van der Waals surface area contributed by atoms with Crippen molar-refractivity contribution >= 4 is 0 Å². The zero-order chi connectivity index (χ0) is 24.9. The van der Waals surface area contributed by atoms with Gasteiger partial charge in [0.1, 0.15) is 17.6 Å². The van der Waals surface area contributed by atoms with Gasteiger partial charge in [-0.25, -0.2) is 4.98 Å². The molecule has 3 heterocycles. The highest BCUT2D eigenvalue weighted by Crippen LogP contribution is 2.26. The van der Waals surface area contributed by atoms with Crippen molar-refractivity contribution in [2.24, 2.45) is 5.92 Å². The van der Waals surface area contributed by atoms with Crippen LogP contribution in [0.5, 0.6) is 0 Å². The Morgan fingerprint density at radius 2 is 1.86 bits per heavy atom. The van der Waals surface area contributed by atoms with Crippen LogP contribution in [0.2, 0.25) is 0 Å². The first-order chi connectivity index (χ1) is 17.5. The van der Waals surface area contributed by atoms with Gasteiger partial charge in [-0.1, -0.05) is 17.0 Å². The molecule has 0 bridgehead atoms. The number of benzene rings is 1. The van der Waals surface area contributed by atoms with Crippen molar-refractivity contribution in [2.45, 2.75) is 45.1 Å². The zero-order valence-corrected chi connectivity index (χ0v) is 20.1. The minimum Gasteiger partial charge on any atom is -0.393 e. The van der Waals surface area contributed by atoms with Gasteiger partial charge in [-0.3, -0.25) is 4.98 Å². The summed E-state index contributed by atoms with van der Waals surface area (Å²) < 4.78 is 7.38. The van der Waals surface area contributed by atoms with Gasteiger partial charge < -0.3 is 24.6 Å². The van der Waals surface area contributed by atoms with E-state index in [9.17, 15) is 10.2 Å². The van der Waals surface area contributed by atoms with Gasteiger partial charge in [-0.05, 0) is 68.6 Å². The van der Waals surface area contributed by atoms with Crippen molar-refractivity contribution in [3.8, 4) is 23.2 Å². The standard InChI is InChI=1S/C28H29N5O3/c1-19(34)28-30-10-11-33(28)18-25-14-27(36-32-25)23-7-4-20(5-8-23)2-3-21-6-9-24(31-16-21)17-29-15-22-12-26(35)13-22/h4-11,14,16,19,22,26,29,34-35H,12-13,15,17-18H2,1H3/t19-,22?,26?/m0/s1. The number of nitrogens with zero attached hydrogens (tertiary/aromatic N) is 4. The number of aliphatic hydroxyl groups excluding tert-OH is 2. The quantitative estimate of drug-likeness (QED) is 0.330. The largest absolute Gasteiger partial charge is 0.393 e. The summed E-state index contributed by atoms with van der Waals surface area (Å²) in [7, 11) is 0. The third kappa shape index (κ3) is 5.89. The fraction of sp³-hybridized carbons (Fsp3) is 0.321. The molecule has 36 heavy (non-hydrogen) atoms. The highest BCUT2D eigenvalue weighted by Gasteiger charge is 2.26. The third-order valence-corrected chi connectivity index (χ3v) is 6.31. The van der Waals surface area contributed by atoms with Crippen LogP contribution in [0.1, 0.15) is 54.2 Å². The van der Waals surface area contributed by atoms with Gasteiger partial charge in [-0.2, -0.15) is 0 Å². The molecular formula is C28H29N5O3. The Bertz CT molecular complexity index is 1340. The van der Waals surface area contributed by atoms with Crippen LogP contribution in [0.3, 0.4) is 0 Å². The number of imidazole rings is 1. The SMILES string of the molecule is C[C@H](O)c1nccn1Cc1cc(-c2ccc(C#Cc3ccc(CNCC4CC(O)C4)nc3)cc2)on1. The van der Waals surface area contributed by atoms with E-state index < -0.39 is 6.10 Å². The minimum absolute atomic E-state index is 0.108. The van der Waals surface area contributed by atoms with Gasteiger partial charge in [0, 0.05) is 47.9 Å². The molecule has 0 radical (unpaired) electrons. The van der Waals surface area contributed by atoms with Gasteiger partial charge in [0.05, 0.1) is 18.3 Å². The highest BCUT2D eigenvalue weighted by atomic mass is 16.5. The van der Waals surface area contributed by atoms with Crippen molar-refractivity contribution in [2.75, 3.05) is 6.54 Å². The Hall–Kier alpha value is -3.77. The van der Waals surface area contributed by atoms with Crippen molar-refractivity contribution < 1.29 is 14.7 Å². The molecule has 1 aliphatic carbocycles. The van der Waals surface area contributed by atoms with Gasteiger partial charge in [0.2, 0.25) is 0 Å². The zero-order valence-electron chi connectivity index (χ0n) is 20.1. The first kappa shape index (κ1) is 23.9. The van der Waals surface area contributed by atoms with Crippen LogP contribution in [-0.4, -0.2) is 42.6 Å². The lowest BCUT2D eigenvalue weighted by atomic mass is 9.82. The molecule has 1 atom stereocenters. The molecule has 0 amide bonds. The molecule has 3 N–H and O–H groups in total. The van der Waals surface area contributed by atoms with Crippen molar-refractivity contribution in [1.29, 1.82) is 0 Å². The Kier molecular flexibility index (Phi) is 7.23. The summed E-state index contributed by atoms with van der Waals surface area (Å²) in [6.07, 6.45) is 6.30. The predicted octanol–water partition coefficient (Wildman–Crippen LogP) is 3.30. The number of hydrogen-bond acceptors (Lipinski definition) is 7. The molecule has 3 aromatic heterocycles. The molecule has 4 aromatic rings. The van der Waals surface area contributed by atoms with E-state index in [1.54, 1.807) is 19.3 Å². The Balaban J connectivity index is 1.15. The van der Waals surface area contributed by atoms with E-state index in [4.69, 9.17) is 4.52 Å². The summed E-state index contributed by atoms with van der Waals surface area (Å²) in [5, 5.41) is 26.7. The molecule has 1 saturated carbocycles. The lowest BCUT2D eigenvalue weighted by Gasteiger charge is -2.31. The minimum atomic E-state index is -0.649. The van der Waals surface area contributed by atoms with Gasteiger partial charge >= 0.3 is 0 Å². The molecular weight excluding hydrogens is 454 g/mol. The second kappa shape index (κ2) is 10.9. The topological polar surface area (TPSA) is 109 Å². The molecule has 1 aliphatic rings. The highest BCUT2D eigenvalue weighted by molar-refractivity contribution is 5.59. The molecule has 5 rings (SSSR count). The molecule has 0 aliphatic heterocycles. The van der Waals surface area contributed by atoms with Gasteiger partial charge in [-0.15, -0.1) is 0 Å². The maximum absolute atomic E-state index is 9.82. The maximum atomic E-state index is 9.82. The monoisotopic (exact) mass is 483 g/mol. The Morgan fingerprint density at radius 1 is 1.08 bits per heavy atom. The van der Waals surface area contributed by atoms with E-state index in [0.717, 1.165) is 54.0 Å². The molecule has 1 aromatic carbocycles. The van der Waals surface area contributed by atoms with Crippen molar-refractivity contribution in [1.82, 2.24) is 25.0 Å². The summed E-state index contributed by atoms with van der Waals surface area (Å²) in [6, 6.07) is 13.7. The fourth-order valence-corrected chi connectivity index (χ4v) is 4.26. The second-order valence-corrected chi connectivity index (χ2v) is 9.26. The van der Waals surface area contributed by atoms with Crippen molar-refractivity contribution in [3.63, 3.8) is 0 Å². The van der Waals surface area contributed by atoms with Crippen LogP contribution >= 0.6 is 0 Å². The van der Waals surface area contributed by atoms with Crippen LogP contribution in [0, 0.1) is 17.8 Å². The molecule has 0 saturated heterocycles.